The van der Waals surface area contributed by atoms with E-state index >= 15 is 0 Å². The van der Waals surface area contributed by atoms with E-state index in [-0.39, 0.29) is 12.4 Å². The minimum atomic E-state index is -3.53. The van der Waals surface area contributed by atoms with E-state index in [2.05, 4.69) is 0 Å². The molecule has 17 heavy (non-hydrogen) atoms. The van der Waals surface area contributed by atoms with Gasteiger partial charge in [-0.15, -0.1) is 0 Å². The van der Waals surface area contributed by atoms with Crippen molar-refractivity contribution >= 4 is 10.1 Å². The summed E-state index contributed by atoms with van der Waals surface area (Å²) in [4.78, 5) is 0. The molecule has 0 radical (unpaired) electrons. The lowest BCUT2D eigenvalue weighted by Crippen LogP contribution is -2.11. The van der Waals surface area contributed by atoms with Crippen molar-refractivity contribution in [3.05, 3.63) is 29.3 Å². The van der Waals surface area contributed by atoms with E-state index in [1.807, 2.05) is 26.0 Å². The van der Waals surface area contributed by atoms with Crippen LogP contribution in [0.4, 0.5) is 0 Å². The van der Waals surface area contributed by atoms with E-state index in [9.17, 15) is 8.42 Å². The minimum absolute atomic E-state index is 0.150. The number of aryl methyl sites for hydroxylation is 1. The highest BCUT2D eigenvalue weighted by molar-refractivity contribution is 7.85. The summed E-state index contributed by atoms with van der Waals surface area (Å²) in [6.45, 7) is 3.94. The Morgan fingerprint density at radius 1 is 1.29 bits per heavy atom. The Morgan fingerprint density at radius 2 is 2.00 bits per heavy atom. The second kappa shape index (κ2) is 6.02. The molecule has 0 aromatic heterocycles. The zero-order valence-electron chi connectivity index (χ0n) is 10.4. The maximum atomic E-state index is 11.7. The van der Waals surface area contributed by atoms with Crippen molar-refractivity contribution in [2.24, 2.45) is 0 Å². The molecule has 0 atom stereocenters. The monoisotopic (exact) mass is 258 g/mol. The Kier molecular flexibility index (Phi) is 4.96. The van der Waals surface area contributed by atoms with Gasteiger partial charge in [0.1, 0.15) is 11.5 Å². The van der Waals surface area contributed by atoms with Crippen LogP contribution >= 0.6 is 0 Å². The van der Waals surface area contributed by atoms with Gasteiger partial charge in [0.2, 0.25) is 0 Å². The van der Waals surface area contributed by atoms with E-state index < -0.39 is 10.1 Å². The minimum Gasteiger partial charge on any atom is -0.496 e. The molecule has 4 nitrogen and oxygen atoms in total. The van der Waals surface area contributed by atoms with Gasteiger partial charge in [-0.2, -0.15) is 8.42 Å². The highest BCUT2D eigenvalue weighted by Gasteiger charge is 2.17. The van der Waals surface area contributed by atoms with E-state index in [0.717, 1.165) is 5.56 Å². The fraction of sp³-hybridized carbons (Fsp3) is 0.500. The summed E-state index contributed by atoms with van der Waals surface area (Å²) in [7, 11) is -2.01. The first-order valence-corrected chi connectivity index (χ1v) is 7.07. The maximum absolute atomic E-state index is 11.7. The van der Waals surface area contributed by atoms with Crippen LogP contribution in [0.1, 0.15) is 24.5 Å². The molecule has 0 amide bonds. The third-order valence-corrected chi connectivity index (χ3v) is 3.54. The predicted molar refractivity (Wildman–Crippen MR) is 66.6 cm³/mol. The molecule has 0 aliphatic heterocycles. The largest absolute Gasteiger partial charge is 0.496 e. The molecular weight excluding hydrogens is 240 g/mol. The van der Waals surface area contributed by atoms with Crippen molar-refractivity contribution in [3.8, 4) is 5.75 Å². The van der Waals surface area contributed by atoms with Crippen molar-refractivity contribution in [2.75, 3.05) is 13.7 Å². The average Bonchev–Trinajstić information content (AvgIpc) is 2.29. The standard InChI is InChI=1S/C12H18O4S/c1-4-8-16-17(13,14)9-11-10(2)6-5-7-12(11)15-3/h5-7H,4,8-9H2,1-3H3. The van der Waals surface area contributed by atoms with Crippen LogP contribution in [-0.2, 0) is 20.1 Å². The van der Waals surface area contributed by atoms with Gasteiger partial charge in [0.05, 0.1) is 13.7 Å². The number of hydrogen-bond donors (Lipinski definition) is 0. The normalized spacial score (nSPS) is 11.5. The molecular formula is C12H18O4S. The van der Waals surface area contributed by atoms with Gasteiger partial charge < -0.3 is 4.74 Å². The molecule has 1 aromatic rings. The van der Waals surface area contributed by atoms with Crippen LogP contribution in [0.2, 0.25) is 0 Å². The highest BCUT2D eigenvalue weighted by Crippen LogP contribution is 2.24. The summed E-state index contributed by atoms with van der Waals surface area (Å²) in [5.41, 5.74) is 1.54. The van der Waals surface area contributed by atoms with E-state index in [0.29, 0.717) is 17.7 Å². The van der Waals surface area contributed by atoms with Crippen LogP contribution < -0.4 is 4.74 Å². The van der Waals surface area contributed by atoms with Crippen LogP contribution in [0.15, 0.2) is 18.2 Å². The summed E-state index contributed by atoms with van der Waals surface area (Å²) in [6, 6.07) is 5.43. The lowest BCUT2D eigenvalue weighted by molar-refractivity contribution is 0.316. The number of benzene rings is 1. The van der Waals surface area contributed by atoms with Crippen molar-refractivity contribution in [3.63, 3.8) is 0 Å². The number of ether oxygens (including phenoxy) is 1. The maximum Gasteiger partial charge on any atom is 0.271 e. The van der Waals surface area contributed by atoms with Crippen LogP contribution in [0.5, 0.6) is 5.75 Å². The first kappa shape index (κ1) is 14.0. The SMILES string of the molecule is CCCOS(=O)(=O)Cc1c(C)cccc1OC. The lowest BCUT2D eigenvalue weighted by atomic mass is 10.1. The zero-order chi connectivity index (χ0) is 12.9. The van der Waals surface area contributed by atoms with Crippen LogP contribution in [-0.4, -0.2) is 22.1 Å². The van der Waals surface area contributed by atoms with Crippen LogP contribution in [0.3, 0.4) is 0 Å². The van der Waals surface area contributed by atoms with Crippen molar-refractivity contribution in [1.29, 1.82) is 0 Å². The van der Waals surface area contributed by atoms with Crippen molar-refractivity contribution in [2.45, 2.75) is 26.0 Å². The Morgan fingerprint density at radius 3 is 2.59 bits per heavy atom. The van der Waals surface area contributed by atoms with Gasteiger partial charge in [0.25, 0.3) is 10.1 Å². The Hall–Kier alpha value is -1.07. The van der Waals surface area contributed by atoms with Gasteiger partial charge in [-0.3, -0.25) is 4.18 Å². The molecule has 0 bridgehead atoms. The molecule has 0 saturated heterocycles. The molecule has 0 unspecified atom stereocenters. The second-order valence-corrected chi connectivity index (χ2v) is 5.42. The summed E-state index contributed by atoms with van der Waals surface area (Å²) < 4.78 is 33.4. The average molecular weight is 258 g/mol. The smallest absolute Gasteiger partial charge is 0.271 e. The third-order valence-electron chi connectivity index (χ3n) is 2.38. The first-order chi connectivity index (χ1) is 8.00. The van der Waals surface area contributed by atoms with Gasteiger partial charge in [-0.05, 0) is 25.0 Å². The topological polar surface area (TPSA) is 52.6 Å². The Bertz CT molecular complexity index is 465. The van der Waals surface area contributed by atoms with E-state index in [1.54, 1.807) is 6.07 Å². The molecule has 0 heterocycles. The summed E-state index contributed by atoms with van der Waals surface area (Å²) in [6.07, 6.45) is 0.671. The molecule has 1 rings (SSSR count). The van der Waals surface area contributed by atoms with Gasteiger partial charge in [-0.1, -0.05) is 19.1 Å². The fourth-order valence-corrected chi connectivity index (χ4v) is 2.71. The van der Waals surface area contributed by atoms with Gasteiger partial charge in [0, 0.05) is 5.56 Å². The predicted octanol–water partition coefficient (Wildman–Crippen LogP) is 2.26. The fourth-order valence-electron chi connectivity index (χ4n) is 1.48. The van der Waals surface area contributed by atoms with Crippen molar-refractivity contribution < 1.29 is 17.3 Å². The van der Waals surface area contributed by atoms with Crippen LogP contribution in [0.25, 0.3) is 0 Å². The molecule has 0 aliphatic carbocycles. The number of rotatable bonds is 6. The Labute approximate surface area is 103 Å². The first-order valence-electron chi connectivity index (χ1n) is 5.49. The summed E-state index contributed by atoms with van der Waals surface area (Å²) >= 11 is 0. The van der Waals surface area contributed by atoms with Gasteiger partial charge in [0.15, 0.2) is 0 Å². The molecule has 5 heteroatoms. The lowest BCUT2D eigenvalue weighted by Gasteiger charge is -2.11. The van der Waals surface area contributed by atoms with Gasteiger partial charge >= 0.3 is 0 Å². The second-order valence-electron chi connectivity index (χ2n) is 3.78. The van der Waals surface area contributed by atoms with Gasteiger partial charge in [-0.25, -0.2) is 0 Å². The number of hydrogen-bond acceptors (Lipinski definition) is 4. The zero-order valence-corrected chi connectivity index (χ0v) is 11.2. The third kappa shape index (κ3) is 4.02. The van der Waals surface area contributed by atoms with Crippen molar-refractivity contribution in [1.82, 2.24) is 0 Å². The van der Waals surface area contributed by atoms with E-state index in [4.69, 9.17) is 8.92 Å². The molecule has 1 aromatic carbocycles. The van der Waals surface area contributed by atoms with E-state index in [1.165, 1.54) is 7.11 Å². The molecule has 0 aliphatic rings. The highest BCUT2D eigenvalue weighted by atomic mass is 32.2. The molecule has 0 spiro atoms. The quantitative estimate of drug-likeness (QED) is 0.734. The summed E-state index contributed by atoms with van der Waals surface area (Å²) in [5.74, 6) is 0.428. The number of methoxy groups -OCH3 is 1. The molecule has 0 fully saturated rings. The Balaban J connectivity index is 2.94. The molecule has 0 saturated carbocycles. The summed E-state index contributed by atoms with van der Waals surface area (Å²) in [5, 5.41) is 0. The molecule has 96 valence electrons. The molecule has 0 N–H and O–H groups in total. The van der Waals surface area contributed by atoms with Crippen LogP contribution in [0, 0.1) is 6.92 Å².